The number of anilines is 2. The molecule has 2 saturated heterocycles. The average molecular weight is 757 g/mol. The molecule has 0 spiro atoms. The molecular formula is C37H23Cl2F5N2O6. The third kappa shape index (κ3) is 4.32. The molecule has 6 unspecified atom stereocenters. The van der Waals surface area contributed by atoms with Crippen LogP contribution in [0.3, 0.4) is 0 Å². The monoisotopic (exact) mass is 756 g/mol. The number of fused-ring (bicyclic) bond motifs is 5. The number of carbonyl (C=O) groups is 4. The van der Waals surface area contributed by atoms with Crippen LogP contribution in [-0.4, -0.2) is 38.5 Å². The van der Waals surface area contributed by atoms with E-state index in [-0.39, 0.29) is 40.3 Å². The van der Waals surface area contributed by atoms with E-state index < -0.39 is 98.2 Å². The van der Waals surface area contributed by atoms with Crippen molar-refractivity contribution >= 4 is 64.3 Å². The fraction of sp³-hybridized carbons (Fsp3) is 0.243. The van der Waals surface area contributed by atoms with Crippen LogP contribution >= 0.6 is 23.2 Å². The Balaban J connectivity index is 1.30. The van der Waals surface area contributed by atoms with Crippen LogP contribution in [0.25, 0.3) is 6.08 Å². The summed E-state index contributed by atoms with van der Waals surface area (Å²) in [4.78, 5) is 52.4. The largest absolute Gasteiger partial charge is 0.508 e. The second-order valence-corrected chi connectivity index (χ2v) is 14.5. The van der Waals surface area contributed by atoms with Gasteiger partial charge in [-0.05, 0) is 60.2 Å². The van der Waals surface area contributed by atoms with Gasteiger partial charge in [0.1, 0.15) is 17.2 Å². The minimum absolute atomic E-state index is 0.0178. The quantitative estimate of drug-likeness (QED) is 0.0781. The second kappa shape index (κ2) is 11.5. The lowest BCUT2D eigenvalue weighted by atomic mass is 9.56. The number of imide groups is 2. The lowest BCUT2D eigenvalue weighted by Gasteiger charge is -2.51. The first kappa shape index (κ1) is 34.1. The van der Waals surface area contributed by atoms with Crippen LogP contribution < -0.4 is 14.5 Å². The summed E-state index contributed by atoms with van der Waals surface area (Å²) in [6.07, 6.45) is 3.68. The van der Waals surface area contributed by atoms with Gasteiger partial charge in [-0.15, -0.1) is 23.2 Å². The maximum absolute atomic E-state index is 15.3. The van der Waals surface area contributed by atoms with Crippen molar-refractivity contribution in [2.75, 3.05) is 9.80 Å². The third-order valence-corrected chi connectivity index (χ3v) is 12.2. The molecule has 52 heavy (non-hydrogen) atoms. The molecule has 5 aliphatic rings. The van der Waals surface area contributed by atoms with Crippen LogP contribution in [0.1, 0.15) is 24.0 Å². The van der Waals surface area contributed by atoms with Gasteiger partial charge >= 0.3 is 0 Å². The Morgan fingerprint density at radius 1 is 0.846 bits per heavy atom. The van der Waals surface area contributed by atoms with Gasteiger partial charge < -0.3 is 9.84 Å². The van der Waals surface area contributed by atoms with Crippen molar-refractivity contribution in [3.63, 3.8) is 0 Å². The summed E-state index contributed by atoms with van der Waals surface area (Å²) in [5.74, 6) is -21.1. The number of hydrogen-bond acceptors (Lipinski definition) is 6. The van der Waals surface area contributed by atoms with E-state index in [0.717, 1.165) is 10.5 Å². The Bertz CT molecular complexity index is 2230. The molecule has 15 heteroatoms. The molecule has 1 N–H and O–H groups in total. The molecule has 0 bridgehead atoms. The van der Waals surface area contributed by atoms with E-state index in [1.54, 1.807) is 36.4 Å². The van der Waals surface area contributed by atoms with Crippen LogP contribution in [0.15, 0.2) is 72.5 Å². The number of nitrogens with zero attached hydrogens (tertiary/aromatic N) is 2. The van der Waals surface area contributed by atoms with Gasteiger partial charge in [0, 0.05) is 17.9 Å². The zero-order valence-electron chi connectivity index (χ0n) is 26.4. The molecule has 8 rings (SSSR count). The maximum Gasteiger partial charge on any atom is 0.258 e. The molecule has 3 aliphatic heterocycles. The van der Waals surface area contributed by atoms with Gasteiger partial charge in [0.15, 0.2) is 33.0 Å². The number of allylic oxidation sites excluding steroid dienone is 3. The number of benzene rings is 3. The van der Waals surface area contributed by atoms with Crippen molar-refractivity contribution in [1.82, 2.24) is 0 Å². The molecule has 1 saturated carbocycles. The number of hydrogen-bond donors (Lipinski definition) is 1. The molecule has 0 aromatic heterocycles. The van der Waals surface area contributed by atoms with Crippen LogP contribution in [-0.2, 0) is 25.6 Å². The summed E-state index contributed by atoms with van der Waals surface area (Å²) in [5, 5.41) is 10.2. The number of amides is 4. The summed E-state index contributed by atoms with van der Waals surface area (Å²) < 4.78 is 79.5. The van der Waals surface area contributed by atoms with Crippen LogP contribution in [0, 0.1) is 52.8 Å². The standard InChI is InChI=1S/C37H23Cl2F5N2O6/c1-2-15-3-5-18(6-4-15)45-32(48)21-9-8-20-22(24(21)33(45)49)13-36(38)34(50)46(31-29(43)27(41)26(40)28(42)30(31)44)35(51)37(36,39)25(20)17-11-16-12-19(47)7-10-23(16)52-14-17/h2-8,10,12,14,21-22,24-25,47H,1,9,11,13H2. The Kier molecular flexibility index (Phi) is 7.54. The zero-order valence-corrected chi connectivity index (χ0v) is 28.0. The minimum Gasteiger partial charge on any atom is -0.508 e. The maximum atomic E-state index is 15.3. The molecule has 2 aliphatic carbocycles. The van der Waals surface area contributed by atoms with E-state index in [0.29, 0.717) is 11.3 Å². The SMILES string of the molecule is C=Cc1ccc(N2C(=O)C3CC=C4C(CC5(Cl)C(=O)N(c6c(F)c(F)c(F)c(F)c6F)C(=O)C5(Cl)C4C4=COc5ccc(O)cc5C4)C3C2=O)cc1. The van der Waals surface area contributed by atoms with Gasteiger partial charge in [-0.25, -0.2) is 26.9 Å². The molecule has 266 valence electrons. The van der Waals surface area contributed by atoms with Crippen molar-refractivity contribution in [3.8, 4) is 11.5 Å². The first-order valence-corrected chi connectivity index (χ1v) is 16.7. The van der Waals surface area contributed by atoms with Gasteiger partial charge in [-0.2, -0.15) is 0 Å². The highest BCUT2D eigenvalue weighted by atomic mass is 35.5. The van der Waals surface area contributed by atoms with Crippen molar-refractivity contribution in [3.05, 3.63) is 113 Å². The predicted octanol–water partition coefficient (Wildman–Crippen LogP) is 6.85. The van der Waals surface area contributed by atoms with Gasteiger partial charge in [-0.3, -0.25) is 24.1 Å². The molecule has 8 nitrogen and oxygen atoms in total. The number of ether oxygens (including phenoxy) is 1. The average Bonchev–Trinajstić information content (AvgIpc) is 3.47. The second-order valence-electron chi connectivity index (χ2n) is 13.3. The highest BCUT2D eigenvalue weighted by Gasteiger charge is 2.77. The van der Waals surface area contributed by atoms with Crippen molar-refractivity contribution < 1.29 is 51.0 Å². The van der Waals surface area contributed by atoms with Crippen LogP contribution in [0.5, 0.6) is 11.5 Å². The van der Waals surface area contributed by atoms with Gasteiger partial charge in [0.2, 0.25) is 17.6 Å². The number of halogens is 7. The van der Waals surface area contributed by atoms with E-state index in [9.17, 15) is 37.5 Å². The molecule has 3 aromatic rings. The van der Waals surface area contributed by atoms with Crippen LogP contribution in [0.4, 0.5) is 33.3 Å². The van der Waals surface area contributed by atoms with E-state index in [1.807, 2.05) is 0 Å². The molecule has 3 fully saturated rings. The summed E-state index contributed by atoms with van der Waals surface area (Å²) in [6, 6.07) is 10.7. The highest BCUT2D eigenvalue weighted by Crippen LogP contribution is 2.65. The van der Waals surface area contributed by atoms with Gasteiger partial charge in [0.25, 0.3) is 11.8 Å². The molecular weight excluding hydrogens is 734 g/mol. The number of rotatable bonds is 4. The highest BCUT2D eigenvalue weighted by molar-refractivity contribution is 6.58. The van der Waals surface area contributed by atoms with E-state index in [4.69, 9.17) is 27.9 Å². The number of carbonyl (C=O) groups excluding carboxylic acids is 4. The summed E-state index contributed by atoms with van der Waals surface area (Å²) in [7, 11) is 0. The Labute approximate surface area is 301 Å². The topological polar surface area (TPSA) is 104 Å². The van der Waals surface area contributed by atoms with Crippen molar-refractivity contribution in [1.29, 1.82) is 0 Å². The summed E-state index contributed by atoms with van der Waals surface area (Å²) in [5.41, 5.74) is 0.00455. The first-order valence-electron chi connectivity index (χ1n) is 15.9. The molecule has 3 heterocycles. The Morgan fingerprint density at radius 2 is 1.50 bits per heavy atom. The van der Waals surface area contributed by atoms with Crippen molar-refractivity contribution in [2.45, 2.75) is 29.0 Å². The summed E-state index contributed by atoms with van der Waals surface area (Å²) >= 11 is 14.4. The zero-order chi connectivity index (χ0) is 37.2. The molecule has 4 amide bonds. The van der Waals surface area contributed by atoms with E-state index >= 15 is 8.78 Å². The number of phenolic OH excluding ortho intramolecular Hbond substituents is 1. The molecule has 6 atom stereocenters. The van der Waals surface area contributed by atoms with Crippen molar-refractivity contribution in [2.24, 2.45) is 23.7 Å². The normalized spacial score (nSPS) is 29.2. The van der Waals surface area contributed by atoms with Gasteiger partial charge in [0.05, 0.1) is 23.8 Å². The Hall–Kier alpha value is -5.01. The van der Waals surface area contributed by atoms with E-state index in [1.165, 1.54) is 24.5 Å². The smallest absolute Gasteiger partial charge is 0.258 e. The first-order chi connectivity index (χ1) is 24.6. The predicted molar refractivity (Wildman–Crippen MR) is 177 cm³/mol. The Morgan fingerprint density at radius 3 is 2.15 bits per heavy atom. The molecule has 0 radical (unpaired) electrons. The molecule has 3 aromatic carbocycles. The number of aromatic hydroxyl groups is 1. The van der Waals surface area contributed by atoms with Gasteiger partial charge in [-0.1, -0.05) is 36.4 Å². The van der Waals surface area contributed by atoms with Crippen LogP contribution in [0.2, 0.25) is 0 Å². The lowest BCUT2D eigenvalue weighted by Crippen LogP contribution is -2.61. The lowest BCUT2D eigenvalue weighted by molar-refractivity contribution is -0.125. The third-order valence-electron chi connectivity index (χ3n) is 10.8. The number of phenols is 1. The van der Waals surface area contributed by atoms with E-state index in [2.05, 4.69) is 6.58 Å². The summed E-state index contributed by atoms with van der Waals surface area (Å²) in [6.45, 7) is 3.70. The minimum atomic E-state index is -2.68. The fourth-order valence-corrected chi connectivity index (χ4v) is 9.34. The number of alkyl halides is 2. The fourth-order valence-electron chi connectivity index (χ4n) is 8.39.